The lowest BCUT2D eigenvalue weighted by atomic mass is 9.80. The van der Waals surface area contributed by atoms with E-state index in [1.165, 1.54) is 5.56 Å². The summed E-state index contributed by atoms with van der Waals surface area (Å²) < 4.78 is 11.5. The van der Waals surface area contributed by atoms with Gasteiger partial charge in [-0.15, -0.1) is 0 Å². The summed E-state index contributed by atoms with van der Waals surface area (Å²) >= 11 is 0. The van der Waals surface area contributed by atoms with Gasteiger partial charge >= 0.3 is 0 Å². The quantitative estimate of drug-likeness (QED) is 0.881. The molecule has 0 amide bonds. The van der Waals surface area contributed by atoms with E-state index < -0.39 is 11.4 Å². The summed E-state index contributed by atoms with van der Waals surface area (Å²) in [6.45, 7) is 2.65. The van der Waals surface area contributed by atoms with Crippen LogP contribution in [0.15, 0.2) is 30.3 Å². The van der Waals surface area contributed by atoms with E-state index in [4.69, 9.17) is 9.47 Å². The van der Waals surface area contributed by atoms with Crippen molar-refractivity contribution in [3.63, 3.8) is 0 Å². The van der Waals surface area contributed by atoms with Crippen LogP contribution in [0.1, 0.15) is 31.2 Å². The fourth-order valence-corrected chi connectivity index (χ4v) is 3.29. The summed E-state index contributed by atoms with van der Waals surface area (Å²) in [6.07, 6.45) is 3.22. The second-order valence-electron chi connectivity index (χ2n) is 5.95. The molecule has 1 aromatic rings. The van der Waals surface area contributed by atoms with Crippen molar-refractivity contribution < 1.29 is 14.6 Å². The van der Waals surface area contributed by atoms with Gasteiger partial charge in [-0.2, -0.15) is 0 Å². The van der Waals surface area contributed by atoms with Gasteiger partial charge in [0.1, 0.15) is 0 Å². The lowest BCUT2D eigenvalue weighted by Gasteiger charge is -2.41. The molecule has 2 N–H and O–H groups in total. The fraction of sp³-hybridized carbons (Fsp3) is 0.625. The van der Waals surface area contributed by atoms with Crippen molar-refractivity contribution in [2.24, 2.45) is 0 Å². The number of hydrogen-bond donors (Lipinski definition) is 2. The van der Waals surface area contributed by atoms with Gasteiger partial charge in [0.2, 0.25) is 0 Å². The molecule has 1 atom stereocenters. The van der Waals surface area contributed by atoms with Gasteiger partial charge in [-0.1, -0.05) is 30.3 Å². The van der Waals surface area contributed by atoms with Crippen molar-refractivity contribution >= 4 is 0 Å². The van der Waals surface area contributed by atoms with Gasteiger partial charge in [-0.3, -0.25) is 0 Å². The zero-order valence-electron chi connectivity index (χ0n) is 11.8. The Morgan fingerprint density at radius 2 is 1.85 bits per heavy atom. The maximum atomic E-state index is 10.8. The molecular formula is C16H23NO3. The van der Waals surface area contributed by atoms with Crippen LogP contribution in [0, 0.1) is 0 Å². The zero-order chi connectivity index (χ0) is 13.9. The molecule has 1 heterocycles. The number of hydrogen-bond acceptors (Lipinski definition) is 4. The third-order valence-electron chi connectivity index (χ3n) is 4.24. The van der Waals surface area contributed by atoms with E-state index in [0.29, 0.717) is 26.2 Å². The zero-order valence-corrected chi connectivity index (χ0v) is 11.8. The highest BCUT2D eigenvalue weighted by molar-refractivity contribution is 5.14. The lowest BCUT2D eigenvalue weighted by Crippen LogP contribution is -2.51. The third-order valence-corrected chi connectivity index (χ3v) is 4.24. The summed E-state index contributed by atoms with van der Waals surface area (Å²) in [5.41, 5.74) is 0.507. The topological polar surface area (TPSA) is 50.7 Å². The average molecular weight is 277 g/mol. The van der Waals surface area contributed by atoms with E-state index >= 15 is 0 Å². The van der Waals surface area contributed by atoms with Crippen LogP contribution < -0.4 is 5.32 Å². The van der Waals surface area contributed by atoms with Gasteiger partial charge in [-0.25, -0.2) is 0 Å². The lowest BCUT2D eigenvalue weighted by molar-refractivity contribution is -0.216. The molecule has 1 aliphatic heterocycles. The minimum absolute atomic E-state index is 0.526. The van der Waals surface area contributed by atoms with Crippen LogP contribution in [0.5, 0.6) is 0 Å². The molecule has 1 saturated carbocycles. The van der Waals surface area contributed by atoms with Crippen LogP contribution in [0.4, 0.5) is 0 Å². The Labute approximate surface area is 120 Å². The first-order valence-corrected chi connectivity index (χ1v) is 7.45. The molecule has 0 bridgehead atoms. The van der Waals surface area contributed by atoms with Crippen molar-refractivity contribution in [1.29, 1.82) is 0 Å². The van der Waals surface area contributed by atoms with Crippen molar-refractivity contribution in [1.82, 2.24) is 5.32 Å². The highest BCUT2D eigenvalue weighted by Gasteiger charge is 2.47. The minimum Gasteiger partial charge on any atom is -0.388 e. The summed E-state index contributed by atoms with van der Waals surface area (Å²) in [4.78, 5) is 0. The first-order chi connectivity index (χ1) is 9.70. The Hall–Kier alpha value is -0.940. The highest BCUT2D eigenvalue weighted by Crippen LogP contribution is 2.40. The first kappa shape index (κ1) is 14.0. The molecule has 1 saturated heterocycles. The molecule has 3 rings (SSSR count). The van der Waals surface area contributed by atoms with Crippen LogP contribution >= 0.6 is 0 Å². The van der Waals surface area contributed by atoms with Gasteiger partial charge < -0.3 is 19.9 Å². The summed E-state index contributed by atoms with van der Waals surface area (Å²) in [7, 11) is 0. The second kappa shape index (κ2) is 5.82. The molecular weight excluding hydrogens is 254 g/mol. The van der Waals surface area contributed by atoms with Gasteiger partial charge in [0.05, 0.1) is 18.8 Å². The average Bonchev–Trinajstić information content (AvgIpc) is 2.87. The van der Waals surface area contributed by atoms with Crippen LogP contribution in [-0.2, 0) is 16.0 Å². The molecule has 0 unspecified atom stereocenters. The van der Waals surface area contributed by atoms with E-state index in [9.17, 15) is 5.11 Å². The van der Waals surface area contributed by atoms with Crippen molar-refractivity contribution in [3.05, 3.63) is 35.9 Å². The van der Waals surface area contributed by atoms with Crippen LogP contribution in [-0.4, -0.2) is 36.3 Å². The molecule has 2 aliphatic rings. The second-order valence-corrected chi connectivity index (χ2v) is 5.95. The van der Waals surface area contributed by atoms with Gasteiger partial charge in [0.25, 0.3) is 0 Å². The maximum Gasteiger partial charge on any atom is 0.171 e. The van der Waals surface area contributed by atoms with Gasteiger partial charge in [0, 0.05) is 25.9 Å². The smallest absolute Gasteiger partial charge is 0.171 e. The van der Waals surface area contributed by atoms with E-state index in [1.54, 1.807) is 0 Å². The molecule has 110 valence electrons. The molecule has 20 heavy (non-hydrogen) atoms. The SMILES string of the molecule is O[C@@]1(CNCc2ccccc2)CCCC2(C1)OCCO2. The van der Waals surface area contributed by atoms with Crippen LogP contribution in [0.25, 0.3) is 0 Å². The molecule has 4 nitrogen and oxygen atoms in total. The summed E-state index contributed by atoms with van der Waals surface area (Å²) in [5.74, 6) is -0.526. The maximum absolute atomic E-state index is 10.8. The molecule has 2 fully saturated rings. The number of nitrogens with one attached hydrogen (secondary N) is 1. The Morgan fingerprint density at radius 1 is 1.10 bits per heavy atom. The number of benzene rings is 1. The van der Waals surface area contributed by atoms with Gasteiger partial charge in [-0.05, 0) is 18.4 Å². The first-order valence-electron chi connectivity index (χ1n) is 7.45. The predicted octanol–water partition coefficient (Wildman–Crippen LogP) is 1.82. The van der Waals surface area contributed by atoms with E-state index in [0.717, 1.165) is 25.8 Å². The molecule has 1 aliphatic carbocycles. The van der Waals surface area contributed by atoms with Crippen molar-refractivity contribution in [2.45, 2.75) is 43.6 Å². The Bertz CT molecular complexity index is 431. The largest absolute Gasteiger partial charge is 0.388 e. The Kier molecular flexibility index (Phi) is 4.08. The van der Waals surface area contributed by atoms with Crippen LogP contribution in [0.3, 0.4) is 0 Å². The fourth-order valence-electron chi connectivity index (χ4n) is 3.29. The van der Waals surface area contributed by atoms with E-state index in [1.807, 2.05) is 18.2 Å². The molecule has 0 radical (unpaired) electrons. The number of rotatable bonds is 4. The normalized spacial score (nSPS) is 28.9. The molecule has 4 heteroatoms. The third kappa shape index (κ3) is 3.20. The summed E-state index contributed by atoms with van der Waals surface area (Å²) in [5, 5.41) is 14.1. The standard InChI is InChI=1S/C16H23NO3/c18-15(13-17-11-14-5-2-1-3-6-14)7-4-8-16(12-15)19-9-10-20-16/h1-3,5-6,17-18H,4,7-13H2/t15-/m0/s1. The molecule has 1 aromatic carbocycles. The predicted molar refractivity (Wildman–Crippen MR) is 76.2 cm³/mol. The van der Waals surface area contributed by atoms with Crippen LogP contribution in [0.2, 0.25) is 0 Å². The van der Waals surface area contributed by atoms with Crippen molar-refractivity contribution in [2.75, 3.05) is 19.8 Å². The van der Waals surface area contributed by atoms with E-state index in [-0.39, 0.29) is 0 Å². The monoisotopic (exact) mass is 277 g/mol. The molecule has 1 spiro atoms. The number of aliphatic hydroxyl groups is 1. The highest BCUT2D eigenvalue weighted by atomic mass is 16.7. The number of ether oxygens (including phenoxy) is 2. The minimum atomic E-state index is -0.725. The Balaban J connectivity index is 1.53. The van der Waals surface area contributed by atoms with Crippen molar-refractivity contribution in [3.8, 4) is 0 Å². The summed E-state index contributed by atoms with van der Waals surface area (Å²) in [6, 6.07) is 10.2. The van der Waals surface area contributed by atoms with E-state index in [2.05, 4.69) is 17.4 Å². The van der Waals surface area contributed by atoms with Gasteiger partial charge in [0.15, 0.2) is 5.79 Å². The Morgan fingerprint density at radius 3 is 2.60 bits per heavy atom. The molecule has 0 aromatic heterocycles.